The fourth-order valence-electron chi connectivity index (χ4n) is 2.31. The first-order valence-electron chi connectivity index (χ1n) is 6.94. The highest BCUT2D eigenvalue weighted by Crippen LogP contribution is 2.30. The minimum atomic E-state index is -2.91. The third-order valence-corrected chi connectivity index (χ3v) is 6.48. The third-order valence-electron chi connectivity index (χ3n) is 3.64. The smallest absolute Gasteiger partial charge is 0.265 e. The van der Waals surface area contributed by atoms with Gasteiger partial charge in [0.25, 0.3) is 5.91 Å². The number of rotatable bonds is 5. The molecule has 1 aromatic rings. The Balaban J connectivity index is 1.56. The molecule has 1 aliphatic heterocycles. The highest BCUT2D eigenvalue weighted by atomic mass is 32.2. The molecule has 1 saturated heterocycles. The lowest BCUT2D eigenvalue weighted by Gasteiger charge is -2.08. The Morgan fingerprint density at radius 3 is 2.76 bits per heavy atom. The first-order chi connectivity index (χ1) is 9.93. The number of nitrogen functional groups attached to an aromatic ring is 1. The van der Waals surface area contributed by atoms with Gasteiger partial charge in [0.15, 0.2) is 15.0 Å². The van der Waals surface area contributed by atoms with Crippen LogP contribution in [0.5, 0.6) is 0 Å². The van der Waals surface area contributed by atoms with Crippen LogP contribution in [0.25, 0.3) is 0 Å². The van der Waals surface area contributed by atoms with Crippen LogP contribution in [0, 0.1) is 5.92 Å². The number of anilines is 2. The van der Waals surface area contributed by atoms with Crippen molar-refractivity contribution in [2.24, 2.45) is 5.92 Å². The molecule has 1 saturated carbocycles. The van der Waals surface area contributed by atoms with Crippen molar-refractivity contribution in [1.82, 2.24) is 10.3 Å². The number of hydrogen-bond donors (Lipinski definition) is 3. The molecule has 4 N–H and O–H groups in total. The second-order valence-electron chi connectivity index (χ2n) is 5.63. The predicted octanol–water partition coefficient (Wildman–Crippen LogP) is 0.464. The number of nitrogens with one attached hydrogen (secondary N) is 2. The van der Waals surface area contributed by atoms with Crippen molar-refractivity contribution in [1.29, 1.82) is 0 Å². The second-order valence-corrected chi connectivity index (χ2v) is 8.86. The monoisotopic (exact) mass is 330 g/mol. The number of nitrogens with zero attached hydrogens (tertiary/aromatic N) is 1. The van der Waals surface area contributed by atoms with Gasteiger partial charge in [-0.1, -0.05) is 11.3 Å². The van der Waals surface area contributed by atoms with E-state index in [0.29, 0.717) is 29.0 Å². The van der Waals surface area contributed by atoms with Crippen molar-refractivity contribution in [3.05, 3.63) is 4.88 Å². The molecule has 0 radical (unpaired) electrons. The van der Waals surface area contributed by atoms with Crippen LogP contribution in [0.4, 0.5) is 10.9 Å². The molecule has 2 heterocycles. The van der Waals surface area contributed by atoms with E-state index in [1.54, 1.807) is 0 Å². The molecule has 1 atom stereocenters. The van der Waals surface area contributed by atoms with Crippen molar-refractivity contribution < 1.29 is 13.2 Å². The quantitative estimate of drug-likeness (QED) is 0.723. The Morgan fingerprint density at radius 1 is 1.38 bits per heavy atom. The first-order valence-corrected chi connectivity index (χ1v) is 9.58. The van der Waals surface area contributed by atoms with Crippen LogP contribution in [0.2, 0.25) is 0 Å². The summed E-state index contributed by atoms with van der Waals surface area (Å²) in [6.07, 6.45) is 2.85. The van der Waals surface area contributed by atoms with Gasteiger partial charge in [-0.3, -0.25) is 4.79 Å². The van der Waals surface area contributed by atoms with Crippen molar-refractivity contribution >= 4 is 38.0 Å². The minimum Gasteiger partial charge on any atom is -0.382 e. The van der Waals surface area contributed by atoms with E-state index in [-0.39, 0.29) is 29.1 Å². The average molecular weight is 330 g/mol. The van der Waals surface area contributed by atoms with E-state index >= 15 is 0 Å². The molecular weight excluding hydrogens is 312 g/mol. The number of carbonyl (C=O) groups is 1. The summed E-state index contributed by atoms with van der Waals surface area (Å²) < 4.78 is 22.7. The molecule has 2 aliphatic rings. The van der Waals surface area contributed by atoms with Crippen LogP contribution >= 0.6 is 11.3 Å². The van der Waals surface area contributed by atoms with E-state index < -0.39 is 9.84 Å². The third kappa shape index (κ3) is 3.65. The molecule has 116 valence electrons. The number of hydrogen-bond acceptors (Lipinski definition) is 7. The van der Waals surface area contributed by atoms with E-state index in [1.807, 2.05) is 0 Å². The summed E-state index contributed by atoms with van der Waals surface area (Å²) >= 11 is 1.24. The van der Waals surface area contributed by atoms with Gasteiger partial charge in [0.1, 0.15) is 10.7 Å². The summed E-state index contributed by atoms with van der Waals surface area (Å²) in [5.41, 5.74) is 5.77. The molecule has 2 fully saturated rings. The molecule has 21 heavy (non-hydrogen) atoms. The molecular formula is C12H18N4O3S2. The molecule has 7 nitrogen and oxygen atoms in total. The topological polar surface area (TPSA) is 114 Å². The molecule has 1 aromatic heterocycles. The predicted molar refractivity (Wildman–Crippen MR) is 82.3 cm³/mol. The summed E-state index contributed by atoms with van der Waals surface area (Å²) in [7, 11) is -2.91. The molecule has 0 bridgehead atoms. The van der Waals surface area contributed by atoms with Gasteiger partial charge in [-0.05, 0) is 25.2 Å². The average Bonchev–Trinajstić information content (AvgIpc) is 3.04. The van der Waals surface area contributed by atoms with Crippen LogP contribution in [0.1, 0.15) is 28.9 Å². The van der Waals surface area contributed by atoms with E-state index in [4.69, 9.17) is 5.73 Å². The Hall–Kier alpha value is -1.35. The highest BCUT2D eigenvalue weighted by molar-refractivity contribution is 7.91. The van der Waals surface area contributed by atoms with E-state index in [9.17, 15) is 13.2 Å². The van der Waals surface area contributed by atoms with Crippen LogP contribution in [0.3, 0.4) is 0 Å². The van der Waals surface area contributed by atoms with E-state index in [1.165, 1.54) is 11.3 Å². The Kier molecular flexibility index (Phi) is 3.78. The molecule has 1 aliphatic carbocycles. The SMILES string of the molecule is Nc1nc(NC2CC2)sc1C(=O)NCC1CCS(=O)(=O)C1. The molecule has 0 spiro atoms. The summed E-state index contributed by atoms with van der Waals surface area (Å²) in [6.45, 7) is 0.362. The Labute approximate surface area is 127 Å². The maximum atomic E-state index is 12.1. The normalized spacial score (nSPS) is 23.9. The number of amides is 1. The maximum Gasteiger partial charge on any atom is 0.265 e. The van der Waals surface area contributed by atoms with Crippen LogP contribution < -0.4 is 16.4 Å². The van der Waals surface area contributed by atoms with E-state index in [0.717, 1.165) is 12.8 Å². The lowest BCUT2D eigenvalue weighted by Crippen LogP contribution is -2.29. The standard InChI is InChI=1S/C12H18N4O3S2/c13-10-9(20-12(16-10)15-8-1-2-8)11(17)14-5-7-3-4-21(18,19)6-7/h7-8H,1-6,13H2,(H,14,17)(H,15,16). The molecule has 9 heteroatoms. The molecule has 0 aromatic carbocycles. The van der Waals surface area contributed by atoms with Crippen molar-refractivity contribution in [2.45, 2.75) is 25.3 Å². The number of nitrogens with two attached hydrogens (primary N) is 1. The van der Waals surface area contributed by atoms with Gasteiger partial charge in [-0.15, -0.1) is 0 Å². The van der Waals surface area contributed by atoms with Gasteiger partial charge >= 0.3 is 0 Å². The second kappa shape index (κ2) is 5.45. The van der Waals surface area contributed by atoms with Gasteiger partial charge in [0, 0.05) is 12.6 Å². The lowest BCUT2D eigenvalue weighted by atomic mass is 10.1. The van der Waals surface area contributed by atoms with Gasteiger partial charge in [-0.25, -0.2) is 13.4 Å². The summed E-state index contributed by atoms with van der Waals surface area (Å²) in [6, 6.07) is 0.454. The zero-order valence-electron chi connectivity index (χ0n) is 11.5. The fourth-order valence-corrected chi connectivity index (χ4v) is 5.05. The van der Waals surface area contributed by atoms with Gasteiger partial charge in [0.2, 0.25) is 0 Å². The number of aromatic nitrogens is 1. The van der Waals surface area contributed by atoms with E-state index in [2.05, 4.69) is 15.6 Å². The number of sulfone groups is 1. The Bertz CT molecular complexity index is 651. The molecule has 1 unspecified atom stereocenters. The summed E-state index contributed by atoms with van der Waals surface area (Å²) in [5, 5.41) is 6.64. The largest absolute Gasteiger partial charge is 0.382 e. The van der Waals surface area contributed by atoms with Crippen molar-refractivity contribution in [3.63, 3.8) is 0 Å². The van der Waals surface area contributed by atoms with Crippen molar-refractivity contribution in [2.75, 3.05) is 29.1 Å². The zero-order chi connectivity index (χ0) is 15.0. The Morgan fingerprint density at radius 2 is 2.14 bits per heavy atom. The van der Waals surface area contributed by atoms with Gasteiger partial charge in [-0.2, -0.15) is 0 Å². The van der Waals surface area contributed by atoms with Crippen LogP contribution in [-0.4, -0.2) is 43.4 Å². The lowest BCUT2D eigenvalue weighted by molar-refractivity contribution is 0.0953. The van der Waals surface area contributed by atoms with Gasteiger partial charge < -0.3 is 16.4 Å². The summed E-state index contributed by atoms with van der Waals surface area (Å²) in [4.78, 5) is 16.6. The van der Waals surface area contributed by atoms with Gasteiger partial charge in [0.05, 0.1) is 11.5 Å². The minimum absolute atomic E-state index is 0.00263. The number of thiazole rings is 1. The maximum absolute atomic E-state index is 12.1. The highest BCUT2D eigenvalue weighted by Gasteiger charge is 2.29. The fraction of sp³-hybridized carbons (Fsp3) is 0.667. The summed E-state index contributed by atoms with van der Waals surface area (Å²) in [5.74, 6) is 0.307. The van der Waals surface area contributed by atoms with Crippen LogP contribution in [0.15, 0.2) is 0 Å². The number of carbonyl (C=O) groups excluding carboxylic acids is 1. The first kappa shape index (κ1) is 14.6. The van der Waals surface area contributed by atoms with Crippen molar-refractivity contribution in [3.8, 4) is 0 Å². The molecule has 3 rings (SSSR count). The van der Waals surface area contributed by atoms with Crippen LogP contribution in [-0.2, 0) is 9.84 Å². The zero-order valence-corrected chi connectivity index (χ0v) is 13.1. The molecule has 1 amide bonds.